The number of nitrogens with one attached hydrogen (secondary N) is 1. The summed E-state index contributed by atoms with van der Waals surface area (Å²) in [5.74, 6) is -0.502. The number of hydroxylamine groups is 1. The number of fused-ring (bicyclic) bond motifs is 1. The highest BCUT2D eigenvalue weighted by molar-refractivity contribution is 5.94. The van der Waals surface area contributed by atoms with E-state index >= 15 is 0 Å². The van der Waals surface area contributed by atoms with Gasteiger partial charge in [0.05, 0.1) is 5.52 Å². The van der Waals surface area contributed by atoms with Crippen LogP contribution in [0.25, 0.3) is 22.2 Å². The zero-order valence-corrected chi connectivity index (χ0v) is 10.7. The van der Waals surface area contributed by atoms with E-state index in [1.807, 2.05) is 54.6 Å². The normalized spacial score (nSPS) is 10.7. The Hall–Kier alpha value is -2.66. The summed E-state index contributed by atoms with van der Waals surface area (Å²) in [5, 5.41) is 14.1. The lowest BCUT2D eigenvalue weighted by Gasteiger charge is -2.00. The smallest absolute Gasteiger partial charge is 0.265 e. The second-order valence-corrected chi connectivity index (χ2v) is 4.42. The SMILES string of the molecule is O=C(Cn1nc(-c2ccccc2)c2ccccc21)NO. The molecule has 5 heteroatoms. The summed E-state index contributed by atoms with van der Waals surface area (Å²) < 4.78 is 1.59. The van der Waals surface area contributed by atoms with Gasteiger partial charge in [0.15, 0.2) is 0 Å². The first-order valence-corrected chi connectivity index (χ1v) is 6.23. The molecule has 0 unspecified atom stereocenters. The van der Waals surface area contributed by atoms with Crippen LogP contribution in [0.2, 0.25) is 0 Å². The average Bonchev–Trinajstić information content (AvgIpc) is 2.87. The number of hydrogen-bond donors (Lipinski definition) is 2. The van der Waals surface area contributed by atoms with Crippen LogP contribution in [-0.2, 0) is 11.3 Å². The van der Waals surface area contributed by atoms with E-state index < -0.39 is 5.91 Å². The van der Waals surface area contributed by atoms with Gasteiger partial charge in [0, 0.05) is 10.9 Å². The van der Waals surface area contributed by atoms with Crippen molar-refractivity contribution in [1.82, 2.24) is 15.3 Å². The lowest BCUT2D eigenvalue weighted by atomic mass is 10.1. The summed E-state index contributed by atoms with van der Waals surface area (Å²) in [7, 11) is 0. The van der Waals surface area contributed by atoms with Crippen LogP contribution in [0.4, 0.5) is 0 Å². The maximum absolute atomic E-state index is 11.3. The van der Waals surface area contributed by atoms with Crippen molar-refractivity contribution >= 4 is 16.8 Å². The summed E-state index contributed by atoms with van der Waals surface area (Å²) in [6, 6.07) is 17.5. The molecular weight excluding hydrogens is 254 g/mol. The van der Waals surface area contributed by atoms with Crippen LogP contribution in [0.3, 0.4) is 0 Å². The third-order valence-corrected chi connectivity index (χ3v) is 3.12. The summed E-state index contributed by atoms with van der Waals surface area (Å²) in [5.41, 5.74) is 4.30. The van der Waals surface area contributed by atoms with Crippen molar-refractivity contribution in [2.45, 2.75) is 6.54 Å². The number of para-hydroxylation sites is 1. The second-order valence-electron chi connectivity index (χ2n) is 4.42. The van der Waals surface area contributed by atoms with E-state index in [9.17, 15) is 4.79 Å². The number of benzene rings is 2. The summed E-state index contributed by atoms with van der Waals surface area (Å²) in [6.45, 7) is -0.0240. The minimum absolute atomic E-state index is 0.0240. The Morgan fingerprint density at radius 1 is 1.10 bits per heavy atom. The third-order valence-electron chi connectivity index (χ3n) is 3.12. The third kappa shape index (κ3) is 2.15. The van der Waals surface area contributed by atoms with Gasteiger partial charge in [-0.3, -0.25) is 14.7 Å². The van der Waals surface area contributed by atoms with Gasteiger partial charge in [-0.1, -0.05) is 48.5 Å². The highest BCUT2D eigenvalue weighted by Gasteiger charge is 2.13. The molecule has 3 aromatic rings. The van der Waals surface area contributed by atoms with Crippen molar-refractivity contribution in [3.05, 3.63) is 54.6 Å². The average molecular weight is 267 g/mol. The van der Waals surface area contributed by atoms with Crippen LogP contribution in [0.1, 0.15) is 0 Å². The molecule has 20 heavy (non-hydrogen) atoms. The summed E-state index contributed by atoms with van der Waals surface area (Å²) in [4.78, 5) is 11.3. The number of carbonyl (C=O) groups is 1. The molecule has 0 radical (unpaired) electrons. The minimum atomic E-state index is -0.502. The Kier molecular flexibility index (Phi) is 3.18. The molecule has 5 nitrogen and oxygen atoms in total. The highest BCUT2D eigenvalue weighted by atomic mass is 16.5. The fourth-order valence-electron chi connectivity index (χ4n) is 2.23. The molecule has 0 spiro atoms. The number of hydrogen-bond acceptors (Lipinski definition) is 3. The molecular formula is C15H13N3O2. The van der Waals surface area contributed by atoms with E-state index in [1.165, 1.54) is 0 Å². The van der Waals surface area contributed by atoms with E-state index in [0.717, 1.165) is 22.2 Å². The number of nitrogens with zero attached hydrogens (tertiary/aromatic N) is 2. The topological polar surface area (TPSA) is 67.2 Å². The Morgan fingerprint density at radius 2 is 1.80 bits per heavy atom. The largest absolute Gasteiger partial charge is 0.289 e. The lowest BCUT2D eigenvalue weighted by Crippen LogP contribution is -2.24. The molecule has 0 atom stereocenters. The molecule has 3 rings (SSSR count). The zero-order valence-electron chi connectivity index (χ0n) is 10.7. The molecule has 0 bridgehead atoms. The van der Waals surface area contributed by atoms with Crippen LogP contribution in [0.5, 0.6) is 0 Å². The van der Waals surface area contributed by atoms with Gasteiger partial charge in [-0.2, -0.15) is 5.10 Å². The molecule has 2 N–H and O–H groups in total. The van der Waals surface area contributed by atoms with Crippen LogP contribution >= 0.6 is 0 Å². The van der Waals surface area contributed by atoms with E-state index in [-0.39, 0.29) is 6.54 Å². The van der Waals surface area contributed by atoms with Gasteiger partial charge in [0.1, 0.15) is 12.2 Å². The summed E-state index contributed by atoms with van der Waals surface area (Å²) in [6.07, 6.45) is 0. The fraction of sp³-hybridized carbons (Fsp3) is 0.0667. The first-order chi connectivity index (χ1) is 9.79. The Balaban J connectivity index is 2.16. The molecule has 0 fully saturated rings. The lowest BCUT2D eigenvalue weighted by molar-refractivity contribution is -0.129. The predicted octanol–water partition coefficient (Wildman–Crippen LogP) is 2.21. The number of rotatable bonds is 3. The maximum atomic E-state index is 11.3. The van der Waals surface area contributed by atoms with Crippen LogP contribution in [-0.4, -0.2) is 20.9 Å². The van der Waals surface area contributed by atoms with Gasteiger partial charge in [0.25, 0.3) is 5.91 Å². The van der Waals surface area contributed by atoms with E-state index in [2.05, 4.69) is 5.10 Å². The summed E-state index contributed by atoms with van der Waals surface area (Å²) >= 11 is 0. The first-order valence-electron chi connectivity index (χ1n) is 6.23. The molecule has 0 aliphatic carbocycles. The molecule has 1 aromatic heterocycles. The molecule has 1 heterocycles. The van der Waals surface area contributed by atoms with Gasteiger partial charge < -0.3 is 0 Å². The Labute approximate surface area is 115 Å². The first kappa shape index (κ1) is 12.4. The number of amides is 1. The molecule has 0 saturated carbocycles. The van der Waals surface area contributed by atoms with Crippen molar-refractivity contribution < 1.29 is 10.0 Å². The second kappa shape index (κ2) is 5.14. The van der Waals surface area contributed by atoms with Crippen molar-refractivity contribution in [3.63, 3.8) is 0 Å². The predicted molar refractivity (Wildman–Crippen MR) is 75.1 cm³/mol. The zero-order chi connectivity index (χ0) is 13.9. The molecule has 0 saturated heterocycles. The van der Waals surface area contributed by atoms with Gasteiger partial charge in [-0.25, -0.2) is 5.48 Å². The minimum Gasteiger partial charge on any atom is -0.289 e. The van der Waals surface area contributed by atoms with Crippen molar-refractivity contribution in [3.8, 4) is 11.3 Å². The fourth-order valence-corrected chi connectivity index (χ4v) is 2.23. The molecule has 1 amide bonds. The van der Waals surface area contributed by atoms with Gasteiger partial charge in [-0.05, 0) is 6.07 Å². The van der Waals surface area contributed by atoms with Crippen LogP contribution in [0.15, 0.2) is 54.6 Å². The highest BCUT2D eigenvalue weighted by Crippen LogP contribution is 2.27. The van der Waals surface area contributed by atoms with Crippen molar-refractivity contribution in [1.29, 1.82) is 0 Å². The van der Waals surface area contributed by atoms with Gasteiger partial charge in [-0.15, -0.1) is 0 Å². The maximum Gasteiger partial charge on any atom is 0.265 e. The van der Waals surface area contributed by atoms with Crippen molar-refractivity contribution in [2.75, 3.05) is 0 Å². The van der Waals surface area contributed by atoms with Crippen LogP contribution < -0.4 is 5.48 Å². The van der Waals surface area contributed by atoms with E-state index in [0.29, 0.717) is 0 Å². The molecule has 0 aliphatic heterocycles. The number of aromatic nitrogens is 2. The van der Waals surface area contributed by atoms with E-state index in [1.54, 1.807) is 10.2 Å². The molecule has 0 aliphatic rings. The quantitative estimate of drug-likeness (QED) is 0.564. The molecule has 2 aromatic carbocycles. The van der Waals surface area contributed by atoms with Crippen molar-refractivity contribution in [2.24, 2.45) is 0 Å². The van der Waals surface area contributed by atoms with Crippen LogP contribution in [0, 0.1) is 0 Å². The number of carbonyl (C=O) groups excluding carboxylic acids is 1. The van der Waals surface area contributed by atoms with Gasteiger partial charge >= 0.3 is 0 Å². The Bertz CT molecular complexity index is 750. The Morgan fingerprint density at radius 3 is 2.55 bits per heavy atom. The van der Waals surface area contributed by atoms with Gasteiger partial charge in [0.2, 0.25) is 0 Å². The van der Waals surface area contributed by atoms with E-state index in [4.69, 9.17) is 5.21 Å². The molecule has 100 valence electrons. The monoisotopic (exact) mass is 267 g/mol. The standard InChI is InChI=1S/C15H13N3O2/c19-14(17-20)10-18-13-9-5-4-8-12(13)15(16-18)11-6-2-1-3-7-11/h1-9,20H,10H2,(H,17,19).